The minimum Gasteiger partial charge on any atom is -0.497 e. The number of carbonyl (C=O) groups excluding carboxylic acids is 2. The van der Waals surface area contributed by atoms with Gasteiger partial charge in [-0.2, -0.15) is 0 Å². The second-order valence-electron chi connectivity index (χ2n) is 8.41. The summed E-state index contributed by atoms with van der Waals surface area (Å²) < 4.78 is 17.0. The molecule has 3 aliphatic heterocycles. The zero-order valence-electron chi connectivity index (χ0n) is 17.6. The molecule has 2 saturated heterocycles. The molecule has 0 N–H and O–H groups in total. The molecule has 2 bridgehead atoms. The van der Waals surface area contributed by atoms with Crippen LogP contribution in [0.5, 0.6) is 5.75 Å². The fourth-order valence-electron chi connectivity index (χ4n) is 5.01. The normalized spacial score (nSPS) is 29.2. The number of nitrogens with zero attached hydrogens (tertiary/aromatic N) is 1. The Hall–Kier alpha value is -3.12. The SMILES string of the molecule is COc1ccc([C@@H](C)N2C[C@]34C=C[C@@H](O3)[C@@H](C(=O)OCc3ccccc3)[C@@H]4C2=O)cc1. The lowest BCUT2D eigenvalue weighted by Gasteiger charge is -2.27. The van der Waals surface area contributed by atoms with Crippen molar-refractivity contribution >= 4 is 11.9 Å². The third-order valence-corrected chi connectivity index (χ3v) is 6.69. The number of rotatable bonds is 6. The van der Waals surface area contributed by atoms with Crippen LogP contribution >= 0.6 is 0 Å². The second-order valence-corrected chi connectivity index (χ2v) is 8.41. The van der Waals surface area contributed by atoms with E-state index in [1.807, 2.05) is 78.6 Å². The molecule has 2 aromatic rings. The predicted octanol–water partition coefficient (Wildman–Crippen LogP) is 3.28. The summed E-state index contributed by atoms with van der Waals surface area (Å²) in [6.45, 7) is 2.61. The lowest BCUT2D eigenvalue weighted by Crippen LogP contribution is -2.40. The zero-order valence-corrected chi connectivity index (χ0v) is 17.6. The average Bonchev–Trinajstić information content (AvgIpc) is 3.46. The van der Waals surface area contributed by atoms with Crippen molar-refractivity contribution in [2.24, 2.45) is 11.8 Å². The van der Waals surface area contributed by atoms with E-state index in [4.69, 9.17) is 14.2 Å². The molecule has 0 unspecified atom stereocenters. The third-order valence-electron chi connectivity index (χ3n) is 6.69. The van der Waals surface area contributed by atoms with E-state index in [0.717, 1.165) is 16.9 Å². The molecule has 5 rings (SSSR count). The fourth-order valence-corrected chi connectivity index (χ4v) is 5.01. The molecule has 160 valence electrons. The molecule has 3 heterocycles. The summed E-state index contributed by atoms with van der Waals surface area (Å²) in [7, 11) is 1.62. The topological polar surface area (TPSA) is 65.1 Å². The molecule has 1 spiro atoms. The Labute approximate surface area is 181 Å². The fraction of sp³-hybridized carbons (Fsp3) is 0.360. The van der Waals surface area contributed by atoms with Gasteiger partial charge in [0.05, 0.1) is 31.7 Å². The highest BCUT2D eigenvalue weighted by Crippen LogP contribution is 2.53. The van der Waals surface area contributed by atoms with E-state index >= 15 is 0 Å². The molecule has 3 aliphatic rings. The van der Waals surface area contributed by atoms with E-state index in [1.165, 1.54) is 0 Å². The Kier molecular flexibility index (Phi) is 4.82. The standard InChI is InChI=1S/C25H25NO5/c1-16(18-8-10-19(29-2)11-9-18)26-15-25-13-12-20(31-25)21(22(25)23(26)27)24(28)30-14-17-6-4-3-5-7-17/h3-13,16,20-22H,14-15H2,1-2H3/t16-,20-,21-,22-,25+/m1/s1. The maximum atomic E-state index is 13.5. The van der Waals surface area contributed by atoms with E-state index in [1.54, 1.807) is 7.11 Å². The molecule has 31 heavy (non-hydrogen) atoms. The van der Waals surface area contributed by atoms with Crippen molar-refractivity contribution in [3.8, 4) is 5.75 Å². The van der Waals surface area contributed by atoms with Crippen molar-refractivity contribution in [3.63, 3.8) is 0 Å². The summed E-state index contributed by atoms with van der Waals surface area (Å²) in [5, 5.41) is 0. The van der Waals surface area contributed by atoms with Gasteiger partial charge in [0, 0.05) is 0 Å². The Morgan fingerprint density at radius 1 is 1.19 bits per heavy atom. The summed E-state index contributed by atoms with van der Waals surface area (Å²) in [6, 6.07) is 17.1. The molecule has 2 aromatic carbocycles. The van der Waals surface area contributed by atoms with Crippen molar-refractivity contribution in [2.45, 2.75) is 31.3 Å². The number of benzene rings is 2. The summed E-state index contributed by atoms with van der Waals surface area (Å²) in [5.74, 6) is -0.833. The van der Waals surface area contributed by atoms with Gasteiger partial charge in [0.2, 0.25) is 5.91 Å². The molecule has 6 heteroatoms. The van der Waals surface area contributed by atoms with E-state index in [2.05, 4.69) is 0 Å². The molecule has 0 aromatic heterocycles. The number of likely N-dealkylation sites (tertiary alicyclic amines) is 1. The van der Waals surface area contributed by atoms with Gasteiger partial charge in [-0.25, -0.2) is 0 Å². The Morgan fingerprint density at radius 2 is 1.94 bits per heavy atom. The van der Waals surface area contributed by atoms with Crippen molar-refractivity contribution in [3.05, 3.63) is 77.9 Å². The van der Waals surface area contributed by atoms with Crippen LogP contribution in [-0.2, 0) is 25.7 Å². The zero-order chi connectivity index (χ0) is 21.6. The van der Waals surface area contributed by atoms with Crippen LogP contribution in [0.4, 0.5) is 0 Å². The number of hydrogen-bond donors (Lipinski definition) is 0. The van der Waals surface area contributed by atoms with Gasteiger partial charge in [-0.15, -0.1) is 0 Å². The molecule has 2 fully saturated rings. The molecule has 0 aliphatic carbocycles. The first-order chi connectivity index (χ1) is 15.0. The molecule has 6 nitrogen and oxygen atoms in total. The van der Waals surface area contributed by atoms with Crippen LogP contribution in [0.15, 0.2) is 66.7 Å². The van der Waals surface area contributed by atoms with E-state index in [0.29, 0.717) is 6.54 Å². The highest BCUT2D eigenvalue weighted by molar-refractivity contribution is 5.91. The summed E-state index contributed by atoms with van der Waals surface area (Å²) >= 11 is 0. The van der Waals surface area contributed by atoms with Crippen molar-refractivity contribution in [1.29, 1.82) is 0 Å². The highest BCUT2D eigenvalue weighted by Gasteiger charge is 2.67. The quantitative estimate of drug-likeness (QED) is 0.531. The van der Waals surface area contributed by atoms with Crippen LogP contribution in [0, 0.1) is 11.8 Å². The Morgan fingerprint density at radius 3 is 2.65 bits per heavy atom. The first kappa shape index (κ1) is 19.8. The first-order valence-electron chi connectivity index (χ1n) is 10.5. The molecule has 1 amide bonds. The number of amides is 1. The number of methoxy groups -OCH3 is 1. The third kappa shape index (κ3) is 3.22. The Bertz CT molecular complexity index is 1020. The van der Waals surface area contributed by atoms with Gasteiger partial charge in [-0.05, 0) is 30.2 Å². The van der Waals surface area contributed by atoms with Crippen LogP contribution in [0.25, 0.3) is 0 Å². The second kappa shape index (κ2) is 7.54. The minimum absolute atomic E-state index is 0.0585. The van der Waals surface area contributed by atoms with Gasteiger partial charge < -0.3 is 19.1 Å². The minimum atomic E-state index is -0.751. The maximum absolute atomic E-state index is 13.5. The molecule has 0 radical (unpaired) electrons. The van der Waals surface area contributed by atoms with Crippen LogP contribution < -0.4 is 4.74 Å². The average molecular weight is 419 g/mol. The van der Waals surface area contributed by atoms with Crippen molar-refractivity contribution in [1.82, 2.24) is 4.90 Å². The molecule has 0 saturated carbocycles. The largest absolute Gasteiger partial charge is 0.497 e. The molecular formula is C25H25NO5. The number of ether oxygens (including phenoxy) is 3. The van der Waals surface area contributed by atoms with Crippen molar-refractivity contribution in [2.75, 3.05) is 13.7 Å². The first-order valence-corrected chi connectivity index (χ1v) is 10.5. The van der Waals surface area contributed by atoms with Crippen LogP contribution in [-0.4, -0.2) is 42.1 Å². The van der Waals surface area contributed by atoms with Gasteiger partial charge in [-0.3, -0.25) is 9.59 Å². The van der Waals surface area contributed by atoms with Gasteiger partial charge in [0.1, 0.15) is 23.9 Å². The van der Waals surface area contributed by atoms with Gasteiger partial charge in [-0.1, -0.05) is 54.6 Å². The van der Waals surface area contributed by atoms with Crippen LogP contribution in [0.3, 0.4) is 0 Å². The number of hydrogen-bond acceptors (Lipinski definition) is 5. The molecule has 5 atom stereocenters. The van der Waals surface area contributed by atoms with Gasteiger partial charge in [0.15, 0.2) is 0 Å². The van der Waals surface area contributed by atoms with E-state index in [-0.39, 0.29) is 24.5 Å². The lowest BCUT2D eigenvalue weighted by molar-refractivity contribution is -0.155. The summed E-state index contributed by atoms with van der Waals surface area (Å²) in [4.78, 5) is 28.3. The highest BCUT2D eigenvalue weighted by atomic mass is 16.6. The predicted molar refractivity (Wildman–Crippen MR) is 113 cm³/mol. The number of carbonyl (C=O) groups is 2. The number of esters is 1. The van der Waals surface area contributed by atoms with Crippen molar-refractivity contribution < 1.29 is 23.8 Å². The van der Waals surface area contributed by atoms with Crippen LogP contribution in [0.1, 0.15) is 24.1 Å². The van der Waals surface area contributed by atoms with Gasteiger partial charge >= 0.3 is 5.97 Å². The Balaban J connectivity index is 1.34. The molecular weight excluding hydrogens is 394 g/mol. The maximum Gasteiger partial charge on any atom is 0.313 e. The monoisotopic (exact) mass is 419 g/mol. The summed E-state index contributed by atoms with van der Waals surface area (Å²) in [6.07, 6.45) is 3.46. The van der Waals surface area contributed by atoms with Gasteiger partial charge in [0.25, 0.3) is 0 Å². The lowest BCUT2D eigenvalue weighted by atomic mass is 9.77. The summed E-state index contributed by atoms with van der Waals surface area (Å²) in [5.41, 5.74) is 1.17. The van der Waals surface area contributed by atoms with E-state index < -0.39 is 23.5 Å². The van der Waals surface area contributed by atoms with E-state index in [9.17, 15) is 9.59 Å². The smallest absolute Gasteiger partial charge is 0.313 e. The van der Waals surface area contributed by atoms with Crippen LogP contribution in [0.2, 0.25) is 0 Å². The number of fused-ring (bicyclic) bond motifs is 1.